The van der Waals surface area contributed by atoms with Gasteiger partial charge in [0.05, 0.1) is 0 Å². The normalized spacial score (nSPS) is 11.1. The van der Waals surface area contributed by atoms with Crippen molar-refractivity contribution in [2.45, 2.75) is 20.0 Å². The van der Waals surface area contributed by atoms with Crippen LogP contribution in [0.2, 0.25) is 0 Å². The number of benzene rings is 2. The molecule has 0 unspecified atom stereocenters. The molecule has 0 aliphatic heterocycles. The van der Waals surface area contributed by atoms with Crippen molar-refractivity contribution in [3.05, 3.63) is 65.2 Å². The van der Waals surface area contributed by atoms with Crippen LogP contribution in [0, 0.1) is 6.92 Å². The molecular weight excluding hydrogens is 451 g/mol. The third-order valence-corrected chi connectivity index (χ3v) is 4.10. The number of hydrogen-bond donors (Lipinski definition) is 2. The Balaban J connectivity index is 0.00000364. The summed E-state index contributed by atoms with van der Waals surface area (Å²) in [5.41, 5.74) is 3.70. The quantitative estimate of drug-likeness (QED) is 0.344. The van der Waals surface area contributed by atoms with Crippen LogP contribution in [-0.4, -0.2) is 45.2 Å². The van der Waals surface area contributed by atoms with E-state index in [0.717, 1.165) is 30.4 Å². The molecule has 0 fully saturated rings. The van der Waals surface area contributed by atoms with Crippen molar-refractivity contribution in [3.8, 4) is 5.75 Å². The fraction of sp³-hybridized carbons (Fsp3) is 0.381. The molecule has 5 nitrogen and oxygen atoms in total. The highest BCUT2D eigenvalue weighted by Gasteiger charge is 2.02. The number of halogens is 1. The molecule has 0 aromatic heterocycles. The van der Waals surface area contributed by atoms with Crippen LogP contribution < -0.4 is 15.4 Å². The van der Waals surface area contributed by atoms with E-state index in [-0.39, 0.29) is 24.0 Å². The van der Waals surface area contributed by atoms with Gasteiger partial charge in [0, 0.05) is 26.7 Å². The fourth-order valence-electron chi connectivity index (χ4n) is 2.49. The van der Waals surface area contributed by atoms with Crippen molar-refractivity contribution >= 4 is 29.9 Å². The van der Waals surface area contributed by atoms with Gasteiger partial charge in [-0.25, -0.2) is 0 Å². The molecule has 0 saturated carbocycles. The predicted molar refractivity (Wildman–Crippen MR) is 124 cm³/mol. The highest BCUT2D eigenvalue weighted by molar-refractivity contribution is 14.0. The van der Waals surface area contributed by atoms with Gasteiger partial charge < -0.3 is 20.3 Å². The average Bonchev–Trinajstić information content (AvgIpc) is 2.63. The zero-order valence-electron chi connectivity index (χ0n) is 16.7. The van der Waals surface area contributed by atoms with Crippen molar-refractivity contribution in [2.24, 2.45) is 4.99 Å². The molecule has 0 aliphatic carbocycles. The molecule has 0 radical (unpaired) electrons. The summed E-state index contributed by atoms with van der Waals surface area (Å²) in [4.78, 5) is 6.40. The first-order chi connectivity index (χ1) is 12.6. The van der Waals surface area contributed by atoms with Crippen molar-refractivity contribution in [1.29, 1.82) is 0 Å². The van der Waals surface area contributed by atoms with Crippen molar-refractivity contribution in [2.75, 3.05) is 34.3 Å². The Bertz CT molecular complexity index is 719. The SMILES string of the molecule is CN=C(NCc1cccc(OCCN(C)C)c1)NCc1ccccc1C.I. The van der Waals surface area contributed by atoms with E-state index in [1.165, 1.54) is 11.1 Å². The molecule has 0 atom stereocenters. The maximum absolute atomic E-state index is 5.79. The molecule has 2 rings (SSSR count). The maximum Gasteiger partial charge on any atom is 0.191 e. The molecule has 0 bridgehead atoms. The van der Waals surface area contributed by atoms with Gasteiger partial charge >= 0.3 is 0 Å². The summed E-state index contributed by atoms with van der Waals surface area (Å²) in [6.45, 7) is 5.15. The number of likely N-dealkylation sites (N-methyl/N-ethyl adjacent to an activating group) is 1. The highest BCUT2D eigenvalue weighted by Crippen LogP contribution is 2.13. The second-order valence-corrected chi connectivity index (χ2v) is 6.50. The van der Waals surface area contributed by atoms with Crippen LogP contribution in [-0.2, 0) is 13.1 Å². The minimum absolute atomic E-state index is 0. The Morgan fingerprint density at radius 2 is 1.78 bits per heavy atom. The zero-order valence-corrected chi connectivity index (χ0v) is 19.0. The summed E-state index contributed by atoms with van der Waals surface area (Å²) < 4.78 is 5.79. The molecule has 2 N–H and O–H groups in total. The Hall–Kier alpha value is -1.80. The Labute approximate surface area is 180 Å². The first-order valence-electron chi connectivity index (χ1n) is 8.94. The largest absolute Gasteiger partial charge is 0.492 e. The lowest BCUT2D eigenvalue weighted by molar-refractivity contribution is 0.261. The maximum atomic E-state index is 5.79. The predicted octanol–water partition coefficient (Wildman–Crippen LogP) is 3.42. The smallest absolute Gasteiger partial charge is 0.191 e. The second-order valence-electron chi connectivity index (χ2n) is 6.50. The van der Waals surface area contributed by atoms with E-state index in [1.54, 1.807) is 7.05 Å². The summed E-state index contributed by atoms with van der Waals surface area (Å²) in [6.07, 6.45) is 0. The van der Waals surface area contributed by atoms with Gasteiger partial charge in [-0.3, -0.25) is 4.99 Å². The summed E-state index contributed by atoms with van der Waals surface area (Å²) >= 11 is 0. The monoisotopic (exact) mass is 482 g/mol. The van der Waals surface area contributed by atoms with Crippen LogP contribution in [0.25, 0.3) is 0 Å². The number of nitrogens with one attached hydrogen (secondary N) is 2. The average molecular weight is 482 g/mol. The van der Waals surface area contributed by atoms with Crippen LogP contribution in [0.1, 0.15) is 16.7 Å². The van der Waals surface area contributed by atoms with Crippen LogP contribution in [0.4, 0.5) is 0 Å². The highest BCUT2D eigenvalue weighted by atomic mass is 127. The molecule has 27 heavy (non-hydrogen) atoms. The topological polar surface area (TPSA) is 48.9 Å². The molecule has 0 saturated heterocycles. The van der Waals surface area contributed by atoms with Gasteiger partial charge in [0.2, 0.25) is 0 Å². The number of guanidine groups is 1. The molecule has 2 aromatic rings. The van der Waals surface area contributed by atoms with Gasteiger partial charge in [-0.1, -0.05) is 36.4 Å². The van der Waals surface area contributed by atoms with Crippen LogP contribution in [0.5, 0.6) is 5.75 Å². The summed E-state index contributed by atoms with van der Waals surface area (Å²) in [5.74, 6) is 1.68. The van der Waals surface area contributed by atoms with E-state index in [2.05, 4.69) is 63.8 Å². The first kappa shape index (κ1) is 23.2. The summed E-state index contributed by atoms with van der Waals surface area (Å²) in [7, 11) is 5.87. The standard InChI is InChI=1S/C21H30N4O.HI/c1-17-8-5-6-10-19(17)16-24-21(22-2)23-15-18-9-7-11-20(14-18)26-13-12-25(3)4;/h5-11,14H,12-13,15-16H2,1-4H3,(H2,22,23,24);1H. The molecule has 148 valence electrons. The van der Waals surface area contributed by atoms with Crippen molar-refractivity contribution < 1.29 is 4.74 Å². The second kappa shape index (κ2) is 12.6. The summed E-state index contributed by atoms with van der Waals surface area (Å²) in [6, 6.07) is 16.5. The van der Waals surface area contributed by atoms with Crippen molar-refractivity contribution in [1.82, 2.24) is 15.5 Å². The van der Waals surface area contributed by atoms with Crippen molar-refractivity contribution in [3.63, 3.8) is 0 Å². The number of aliphatic imine (C=N–C) groups is 1. The minimum atomic E-state index is 0. The molecule has 0 spiro atoms. The van der Waals surface area contributed by atoms with Gasteiger partial charge in [0.25, 0.3) is 0 Å². The van der Waals surface area contributed by atoms with E-state index in [0.29, 0.717) is 13.2 Å². The Kier molecular flexibility index (Phi) is 10.8. The molecule has 0 amide bonds. The number of nitrogens with zero attached hydrogens (tertiary/aromatic N) is 2. The van der Waals surface area contributed by atoms with E-state index in [9.17, 15) is 0 Å². The third kappa shape index (κ3) is 8.62. The summed E-state index contributed by atoms with van der Waals surface area (Å²) in [5, 5.41) is 6.71. The first-order valence-corrected chi connectivity index (χ1v) is 8.94. The lowest BCUT2D eigenvalue weighted by atomic mass is 10.1. The molecule has 6 heteroatoms. The Morgan fingerprint density at radius 3 is 2.48 bits per heavy atom. The molecule has 2 aromatic carbocycles. The number of ether oxygens (including phenoxy) is 1. The minimum Gasteiger partial charge on any atom is -0.492 e. The number of aryl methyl sites for hydroxylation is 1. The molecular formula is C21H31IN4O. The van der Waals surface area contributed by atoms with Crippen LogP contribution in [0.3, 0.4) is 0 Å². The van der Waals surface area contributed by atoms with Crippen LogP contribution >= 0.6 is 24.0 Å². The molecule has 0 aliphatic rings. The fourth-order valence-corrected chi connectivity index (χ4v) is 2.49. The van der Waals surface area contributed by atoms with E-state index in [1.807, 2.05) is 26.2 Å². The Morgan fingerprint density at radius 1 is 1.04 bits per heavy atom. The number of rotatable bonds is 8. The van der Waals surface area contributed by atoms with E-state index in [4.69, 9.17) is 4.74 Å². The number of hydrogen-bond acceptors (Lipinski definition) is 3. The lowest BCUT2D eigenvalue weighted by Crippen LogP contribution is -2.36. The van der Waals surface area contributed by atoms with Gasteiger partial charge in [-0.15, -0.1) is 24.0 Å². The van der Waals surface area contributed by atoms with Gasteiger partial charge in [-0.05, 0) is 49.8 Å². The third-order valence-electron chi connectivity index (χ3n) is 4.10. The van der Waals surface area contributed by atoms with E-state index >= 15 is 0 Å². The zero-order chi connectivity index (χ0) is 18.8. The van der Waals surface area contributed by atoms with Gasteiger partial charge in [0.1, 0.15) is 12.4 Å². The van der Waals surface area contributed by atoms with Gasteiger partial charge in [0.15, 0.2) is 5.96 Å². The lowest BCUT2D eigenvalue weighted by Gasteiger charge is -2.14. The van der Waals surface area contributed by atoms with Crippen LogP contribution in [0.15, 0.2) is 53.5 Å². The molecule has 0 heterocycles. The van der Waals surface area contributed by atoms with Gasteiger partial charge in [-0.2, -0.15) is 0 Å². The van der Waals surface area contributed by atoms with E-state index < -0.39 is 0 Å².